The van der Waals surface area contributed by atoms with E-state index in [1.807, 2.05) is 27.7 Å². The Hall–Kier alpha value is -0.160. The van der Waals surface area contributed by atoms with Crippen molar-refractivity contribution in [2.24, 2.45) is 0 Å². The summed E-state index contributed by atoms with van der Waals surface area (Å²) in [6.45, 7) is 14.7. The number of rotatable bonds is 18. The van der Waals surface area contributed by atoms with Gasteiger partial charge in [0.1, 0.15) is 5.60 Å². The third-order valence-electron chi connectivity index (χ3n) is 4.57. The Morgan fingerprint density at radius 2 is 0.960 bits per heavy atom. The molecule has 0 saturated heterocycles. The van der Waals surface area contributed by atoms with Gasteiger partial charge in [0.05, 0.1) is 0 Å². The summed E-state index contributed by atoms with van der Waals surface area (Å²) < 4.78 is 24.7. The fourth-order valence-electron chi connectivity index (χ4n) is 3.62. The van der Waals surface area contributed by atoms with Crippen LogP contribution in [0.15, 0.2) is 0 Å². The highest BCUT2D eigenvalue weighted by molar-refractivity contribution is 4.91. The van der Waals surface area contributed by atoms with Gasteiger partial charge in [-0.25, -0.2) is 0 Å². The lowest BCUT2D eigenvalue weighted by Crippen LogP contribution is -2.61. The molecule has 1 unspecified atom stereocenters. The van der Waals surface area contributed by atoms with Crippen molar-refractivity contribution in [3.05, 3.63) is 0 Å². The summed E-state index contributed by atoms with van der Waals surface area (Å²) in [5.41, 5.74) is -0.552. The summed E-state index contributed by atoms with van der Waals surface area (Å²) in [6, 6.07) is 0. The van der Waals surface area contributed by atoms with Crippen molar-refractivity contribution in [2.45, 2.75) is 111 Å². The highest BCUT2D eigenvalue weighted by atomic mass is 16.9. The van der Waals surface area contributed by atoms with E-state index in [1.165, 1.54) is 32.1 Å². The Labute approximate surface area is 156 Å². The predicted molar refractivity (Wildman–Crippen MR) is 105 cm³/mol. The summed E-state index contributed by atoms with van der Waals surface area (Å²) in [6.07, 6.45) is 10.3. The van der Waals surface area contributed by atoms with Crippen LogP contribution in [0.1, 0.15) is 99.3 Å². The minimum Gasteiger partial charge on any atom is -0.367 e. The molecule has 0 spiro atoms. The van der Waals surface area contributed by atoms with Crippen LogP contribution >= 0.6 is 0 Å². The van der Waals surface area contributed by atoms with E-state index in [1.54, 1.807) is 0 Å². The van der Waals surface area contributed by atoms with Crippen molar-refractivity contribution in [2.75, 3.05) is 26.4 Å². The molecule has 4 heteroatoms. The van der Waals surface area contributed by atoms with Gasteiger partial charge < -0.3 is 18.9 Å². The Morgan fingerprint density at radius 3 is 1.40 bits per heavy atom. The number of hydrogen-bond acceptors (Lipinski definition) is 4. The summed E-state index contributed by atoms with van der Waals surface area (Å²) >= 11 is 0. The summed E-state index contributed by atoms with van der Waals surface area (Å²) in [4.78, 5) is 0. The lowest BCUT2D eigenvalue weighted by molar-refractivity contribution is -0.446. The maximum Gasteiger partial charge on any atom is 0.313 e. The molecule has 0 aliphatic heterocycles. The molecule has 0 aromatic heterocycles. The molecule has 0 fully saturated rings. The van der Waals surface area contributed by atoms with Crippen molar-refractivity contribution >= 4 is 0 Å². The molecule has 0 radical (unpaired) electrons. The largest absolute Gasteiger partial charge is 0.367 e. The molecular weight excluding hydrogens is 316 g/mol. The second kappa shape index (κ2) is 15.0. The van der Waals surface area contributed by atoms with E-state index in [0.717, 1.165) is 25.7 Å². The van der Waals surface area contributed by atoms with Crippen LogP contribution < -0.4 is 0 Å². The fraction of sp³-hybridized carbons (Fsp3) is 1.00. The average molecular weight is 361 g/mol. The fourth-order valence-corrected chi connectivity index (χ4v) is 3.62. The van der Waals surface area contributed by atoms with E-state index >= 15 is 0 Å². The molecule has 152 valence electrons. The molecule has 0 N–H and O–H groups in total. The van der Waals surface area contributed by atoms with E-state index < -0.39 is 11.6 Å². The normalized spacial score (nSPS) is 14.6. The zero-order valence-electron chi connectivity index (χ0n) is 17.8. The maximum atomic E-state index is 6.35. The number of hydrogen-bond donors (Lipinski definition) is 0. The Kier molecular flexibility index (Phi) is 14.9. The van der Waals surface area contributed by atoms with Crippen LogP contribution in [0.25, 0.3) is 0 Å². The van der Waals surface area contributed by atoms with E-state index in [9.17, 15) is 0 Å². The molecule has 0 bridgehead atoms. The summed E-state index contributed by atoms with van der Waals surface area (Å²) in [7, 11) is 0. The highest BCUT2D eigenvalue weighted by Crippen LogP contribution is 2.41. The molecule has 0 aliphatic rings. The van der Waals surface area contributed by atoms with Gasteiger partial charge in [-0.15, -0.1) is 0 Å². The maximum absolute atomic E-state index is 6.35. The topological polar surface area (TPSA) is 36.9 Å². The van der Waals surface area contributed by atoms with Crippen LogP contribution in [0.3, 0.4) is 0 Å². The standard InChI is InChI=1S/C21H44O4/c1-7-13-14-15-16-17-19-20(18-8-2,22-9-3)21(23-10-4,24-11-5)25-12-6/h7-19H2,1-6H3. The third-order valence-corrected chi connectivity index (χ3v) is 4.57. The van der Waals surface area contributed by atoms with Crippen molar-refractivity contribution in [1.82, 2.24) is 0 Å². The van der Waals surface area contributed by atoms with Crippen LogP contribution in [0.4, 0.5) is 0 Å². The van der Waals surface area contributed by atoms with Gasteiger partial charge in [0.2, 0.25) is 0 Å². The second-order valence-electron chi connectivity index (χ2n) is 6.55. The van der Waals surface area contributed by atoms with Gasteiger partial charge in [-0.05, 0) is 40.5 Å². The first kappa shape index (κ1) is 24.8. The van der Waals surface area contributed by atoms with Crippen LogP contribution in [-0.4, -0.2) is 38.0 Å². The number of ether oxygens (including phenoxy) is 4. The molecule has 0 aromatic carbocycles. The second-order valence-corrected chi connectivity index (χ2v) is 6.55. The predicted octanol–water partition coefficient (Wildman–Crippen LogP) is 6.08. The van der Waals surface area contributed by atoms with Gasteiger partial charge in [-0.2, -0.15) is 0 Å². The van der Waals surface area contributed by atoms with Crippen LogP contribution in [-0.2, 0) is 18.9 Å². The SMILES string of the molecule is CCCCCCCCC(CCC)(OCC)C(OCC)(OCC)OCC. The van der Waals surface area contributed by atoms with E-state index in [2.05, 4.69) is 13.8 Å². The van der Waals surface area contributed by atoms with Gasteiger partial charge in [-0.1, -0.05) is 58.8 Å². The van der Waals surface area contributed by atoms with Crippen LogP contribution in [0.5, 0.6) is 0 Å². The third kappa shape index (κ3) is 7.94. The minimum absolute atomic E-state index is 0.537. The first-order chi connectivity index (χ1) is 12.1. The van der Waals surface area contributed by atoms with Gasteiger partial charge in [0.15, 0.2) is 0 Å². The van der Waals surface area contributed by atoms with E-state index in [-0.39, 0.29) is 0 Å². The number of unbranched alkanes of at least 4 members (excludes halogenated alkanes) is 5. The van der Waals surface area contributed by atoms with Crippen molar-refractivity contribution < 1.29 is 18.9 Å². The molecule has 1 atom stereocenters. The smallest absolute Gasteiger partial charge is 0.313 e. The van der Waals surface area contributed by atoms with Crippen molar-refractivity contribution in [3.8, 4) is 0 Å². The van der Waals surface area contributed by atoms with Gasteiger partial charge in [-0.3, -0.25) is 0 Å². The van der Waals surface area contributed by atoms with Crippen LogP contribution in [0.2, 0.25) is 0 Å². The average Bonchev–Trinajstić information content (AvgIpc) is 2.58. The first-order valence-electron chi connectivity index (χ1n) is 10.7. The van der Waals surface area contributed by atoms with Gasteiger partial charge in [0, 0.05) is 26.4 Å². The molecular formula is C21H44O4. The van der Waals surface area contributed by atoms with E-state index in [4.69, 9.17) is 18.9 Å². The Balaban J connectivity index is 5.32. The molecule has 25 heavy (non-hydrogen) atoms. The Morgan fingerprint density at radius 1 is 0.480 bits per heavy atom. The lowest BCUT2D eigenvalue weighted by atomic mass is 9.87. The molecule has 0 rings (SSSR count). The molecule has 0 amide bonds. The molecule has 4 nitrogen and oxygen atoms in total. The first-order valence-corrected chi connectivity index (χ1v) is 10.7. The zero-order chi connectivity index (χ0) is 19.0. The highest BCUT2D eigenvalue weighted by Gasteiger charge is 2.55. The molecule has 0 saturated carbocycles. The van der Waals surface area contributed by atoms with Gasteiger partial charge in [0.25, 0.3) is 0 Å². The minimum atomic E-state index is -1.11. The Bertz CT molecular complexity index is 271. The van der Waals surface area contributed by atoms with Crippen molar-refractivity contribution in [1.29, 1.82) is 0 Å². The van der Waals surface area contributed by atoms with E-state index in [0.29, 0.717) is 26.4 Å². The summed E-state index contributed by atoms with van der Waals surface area (Å²) in [5.74, 6) is -1.11. The molecule has 0 heterocycles. The summed E-state index contributed by atoms with van der Waals surface area (Å²) in [5, 5.41) is 0. The quantitative estimate of drug-likeness (QED) is 0.219. The van der Waals surface area contributed by atoms with Crippen LogP contribution in [0, 0.1) is 0 Å². The van der Waals surface area contributed by atoms with Gasteiger partial charge >= 0.3 is 5.97 Å². The lowest BCUT2D eigenvalue weighted by Gasteiger charge is -2.48. The molecule has 0 aliphatic carbocycles. The molecule has 0 aromatic rings. The zero-order valence-corrected chi connectivity index (χ0v) is 17.8. The monoisotopic (exact) mass is 360 g/mol. The van der Waals surface area contributed by atoms with Crippen molar-refractivity contribution in [3.63, 3.8) is 0 Å².